The van der Waals surface area contributed by atoms with Gasteiger partial charge in [0.05, 0.1) is 16.6 Å². The number of fused-ring (bicyclic) bond motifs is 9. The van der Waals surface area contributed by atoms with E-state index in [1.807, 2.05) is 0 Å². The average Bonchev–Trinajstić information content (AvgIpc) is 3.75. The van der Waals surface area contributed by atoms with Crippen molar-refractivity contribution in [3.05, 3.63) is 190 Å². The van der Waals surface area contributed by atoms with Crippen LogP contribution in [0.15, 0.2) is 140 Å². The lowest BCUT2D eigenvalue weighted by atomic mass is 9.72. The van der Waals surface area contributed by atoms with Crippen LogP contribution in [0, 0.1) is 27.7 Å². The van der Waals surface area contributed by atoms with Crippen molar-refractivity contribution in [3.8, 4) is 33.6 Å². The number of aromatic nitrogens is 2. The molecule has 2 unspecified atom stereocenters. The van der Waals surface area contributed by atoms with Crippen molar-refractivity contribution in [3.63, 3.8) is 0 Å². The quantitative estimate of drug-likeness (QED) is 0.170. The predicted molar refractivity (Wildman–Crippen MR) is 247 cm³/mol. The van der Waals surface area contributed by atoms with Gasteiger partial charge in [-0.15, -0.1) is 0 Å². The molecule has 2 aromatic heterocycles. The van der Waals surface area contributed by atoms with Gasteiger partial charge < -0.3 is 9.13 Å². The van der Waals surface area contributed by atoms with Crippen LogP contribution in [-0.4, -0.2) is 9.13 Å². The maximum atomic E-state index is 2.57. The summed E-state index contributed by atoms with van der Waals surface area (Å²) < 4.78 is 5.05. The highest BCUT2D eigenvalue weighted by Gasteiger charge is 2.32. The van der Waals surface area contributed by atoms with Gasteiger partial charge in [-0.25, -0.2) is 0 Å². The molecule has 2 aliphatic carbocycles. The fraction of sp³-hybridized carbons (Fsp3) is 0.179. The van der Waals surface area contributed by atoms with Gasteiger partial charge in [0.2, 0.25) is 0 Å². The molecule has 0 amide bonds. The summed E-state index contributed by atoms with van der Waals surface area (Å²) in [6.45, 7) is 13.7. The van der Waals surface area contributed by atoms with Crippen molar-refractivity contribution < 1.29 is 0 Å². The lowest BCUT2D eigenvalue weighted by Gasteiger charge is -2.32. The molecule has 2 heterocycles. The zero-order valence-electron chi connectivity index (χ0n) is 34.3. The fourth-order valence-corrected chi connectivity index (χ4v) is 10.2. The van der Waals surface area contributed by atoms with Crippen LogP contribution in [0.4, 0.5) is 0 Å². The van der Waals surface area contributed by atoms with Crippen molar-refractivity contribution in [1.29, 1.82) is 0 Å². The lowest BCUT2D eigenvalue weighted by molar-refractivity contribution is 0.617. The first-order valence-electron chi connectivity index (χ1n) is 21.0. The molecule has 0 N–H and O–H groups in total. The first-order chi connectivity index (χ1) is 28.2. The van der Waals surface area contributed by atoms with Gasteiger partial charge in [-0.1, -0.05) is 92.7 Å². The van der Waals surface area contributed by atoms with E-state index in [2.05, 4.69) is 196 Å². The van der Waals surface area contributed by atoms with Gasteiger partial charge in [-0.05, 0) is 186 Å². The smallest absolute Gasteiger partial charge is 0.0547 e. The normalized spacial score (nSPS) is 16.1. The summed E-state index contributed by atoms with van der Waals surface area (Å²) in [7, 11) is 0. The highest BCUT2D eigenvalue weighted by molar-refractivity contribution is 6.12. The highest BCUT2D eigenvalue weighted by atomic mass is 15.0. The molecule has 2 nitrogen and oxygen atoms in total. The molecule has 282 valence electrons. The Balaban J connectivity index is 1.17. The van der Waals surface area contributed by atoms with E-state index in [0.29, 0.717) is 11.8 Å². The van der Waals surface area contributed by atoms with Gasteiger partial charge in [0, 0.05) is 38.8 Å². The van der Waals surface area contributed by atoms with Gasteiger partial charge in [0.15, 0.2) is 0 Å². The number of nitrogens with zero attached hydrogens (tertiary/aromatic N) is 2. The second-order valence-electron chi connectivity index (χ2n) is 17.2. The molecular weight excluding hydrogens is 701 g/mol. The molecule has 0 fully saturated rings. The minimum Gasteiger partial charge on any atom is -0.313 e. The zero-order chi connectivity index (χ0) is 39.4. The van der Waals surface area contributed by atoms with Crippen LogP contribution in [-0.2, 0) is 6.42 Å². The fourth-order valence-electron chi connectivity index (χ4n) is 10.2. The Bertz CT molecular complexity index is 3170. The van der Waals surface area contributed by atoms with E-state index in [4.69, 9.17) is 0 Å². The summed E-state index contributed by atoms with van der Waals surface area (Å²) in [5.41, 5.74) is 25.3. The Kier molecular flexibility index (Phi) is 7.86. The molecule has 2 aliphatic rings. The molecule has 2 heteroatoms. The SMILES string of the molecule is Cc1ccc(C2=Cc3c(n(-c4ccccc4)c4cc5c(cc34)C(C)C(C)c3cc4c6cc(-c7ccc(C)c(C)c7)ccc6n(-c6ccccc6)c4cc3-5)CC2)cc1C. The predicted octanol–water partition coefficient (Wildman–Crippen LogP) is 15.0. The van der Waals surface area contributed by atoms with Crippen LogP contribution >= 0.6 is 0 Å². The van der Waals surface area contributed by atoms with E-state index in [9.17, 15) is 0 Å². The van der Waals surface area contributed by atoms with Crippen molar-refractivity contribution in [2.45, 2.75) is 66.2 Å². The molecule has 0 saturated carbocycles. The van der Waals surface area contributed by atoms with Crippen LogP contribution in [0.25, 0.3) is 78.0 Å². The molecule has 0 aliphatic heterocycles. The topological polar surface area (TPSA) is 9.86 Å². The molecule has 0 bridgehead atoms. The number of allylic oxidation sites excluding steroid dienone is 1. The van der Waals surface area contributed by atoms with Crippen LogP contribution in [0.1, 0.15) is 82.3 Å². The van der Waals surface area contributed by atoms with Crippen LogP contribution in [0.5, 0.6) is 0 Å². The summed E-state index contributed by atoms with van der Waals surface area (Å²) >= 11 is 0. The lowest BCUT2D eigenvalue weighted by Crippen LogP contribution is -2.13. The van der Waals surface area contributed by atoms with E-state index >= 15 is 0 Å². The molecule has 11 rings (SSSR count). The molecule has 0 spiro atoms. The third-order valence-corrected chi connectivity index (χ3v) is 13.9. The maximum Gasteiger partial charge on any atom is 0.0547 e. The Morgan fingerprint density at radius 3 is 1.59 bits per heavy atom. The minimum atomic E-state index is 0.357. The van der Waals surface area contributed by atoms with Crippen LogP contribution in [0.3, 0.4) is 0 Å². The Morgan fingerprint density at radius 1 is 0.431 bits per heavy atom. The van der Waals surface area contributed by atoms with Crippen molar-refractivity contribution in [2.24, 2.45) is 0 Å². The molecule has 58 heavy (non-hydrogen) atoms. The third-order valence-electron chi connectivity index (χ3n) is 13.9. The van der Waals surface area contributed by atoms with Gasteiger partial charge >= 0.3 is 0 Å². The molecule has 9 aromatic rings. The average molecular weight is 749 g/mol. The zero-order valence-corrected chi connectivity index (χ0v) is 34.3. The Morgan fingerprint density at radius 2 is 0.948 bits per heavy atom. The maximum absolute atomic E-state index is 2.57. The van der Waals surface area contributed by atoms with Crippen molar-refractivity contribution in [1.82, 2.24) is 9.13 Å². The minimum absolute atomic E-state index is 0.357. The van der Waals surface area contributed by atoms with E-state index < -0.39 is 0 Å². The Labute approximate surface area is 341 Å². The van der Waals surface area contributed by atoms with E-state index in [-0.39, 0.29) is 0 Å². The second-order valence-corrected chi connectivity index (χ2v) is 17.2. The number of hydrogen-bond acceptors (Lipinski definition) is 0. The molecule has 2 atom stereocenters. The van der Waals surface area contributed by atoms with Crippen molar-refractivity contribution in [2.75, 3.05) is 0 Å². The van der Waals surface area contributed by atoms with E-state index in [0.717, 1.165) is 12.8 Å². The number of benzene rings is 7. The molecule has 0 radical (unpaired) electrons. The van der Waals surface area contributed by atoms with Crippen LogP contribution in [0.2, 0.25) is 0 Å². The van der Waals surface area contributed by atoms with Crippen molar-refractivity contribution >= 4 is 44.4 Å². The number of aryl methyl sites for hydroxylation is 4. The number of hydrogen-bond donors (Lipinski definition) is 0. The van der Waals surface area contributed by atoms with Gasteiger partial charge in [-0.3, -0.25) is 0 Å². The highest BCUT2D eigenvalue weighted by Crippen LogP contribution is 2.52. The second kappa shape index (κ2) is 13.1. The summed E-state index contributed by atoms with van der Waals surface area (Å²) in [5, 5.41) is 3.98. The first-order valence-corrected chi connectivity index (χ1v) is 21.0. The third kappa shape index (κ3) is 5.24. The summed E-state index contributed by atoms with van der Waals surface area (Å²) in [6, 6.07) is 53.0. The van der Waals surface area contributed by atoms with Crippen LogP contribution < -0.4 is 0 Å². The summed E-state index contributed by atoms with van der Waals surface area (Å²) in [6.07, 6.45) is 4.55. The molecule has 0 saturated heterocycles. The Hall–Kier alpha value is -6.38. The summed E-state index contributed by atoms with van der Waals surface area (Å²) in [5.74, 6) is 0.719. The first kappa shape index (κ1) is 34.8. The molecular formula is C56H48N2. The number of para-hydroxylation sites is 2. The van der Waals surface area contributed by atoms with Gasteiger partial charge in [-0.2, -0.15) is 0 Å². The standard InChI is InChI=1S/C56H48N2/c1-33-17-19-39(25-35(33)3)41-21-23-53-49(27-41)51-29-45-37(5)38(6)46-30-52-50-28-42(40-20-18-34(2)36(4)26-40)22-24-54(50)58(44-15-11-8-12-16-44)56(52)32-48(46)47(45)31-55(51)57(53)43-13-9-7-10-14-43/h7-21,23,25-32,37-38H,22,24H2,1-6H3. The largest absolute Gasteiger partial charge is 0.313 e. The van der Waals surface area contributed by atoms with Gasteiger partial charge in [0.1, 0.15) is 0 Å². The summed E-state index contributed by atoms with van der Waals surface area (Å²) in [4.78, 5) is 0. The molecule has 7 aromatic carbocycles. The van der Waals surface area contributed by atoms with Gasteiger partial charge in [0.25, 0.3) is 0 Å². The van der Waals surface area contributed by atoms with E-state index in [1.165, 1.54) is 122 Å². The monoisotopic (exact) mass is 748 g/mol. The number of rotatable bonds is 4. The van der Waals surface area contributed by atoms with E-state index in [1.54, 1.807) is 0 Å².